The Hall–Kier alpha value is -3.67. The fourth-order valence-electron chi connectivity index (χ4n) is 3.19. The lowest BCUT2D eigenvalue weighted by Gasteiger charge is -2.12. The van der Waals surface area contributed by atoms with Gasteiger partial charge in [0, 0.05) is 30.3 Å². The number of carboxylic acids is 1. The predicted molar refractivity (Wildman–Crippen MR) is 115 cm³/mol. The van der Waals surface area contributed by atoms with Gasteiger partial charge in [-0.3, -0.25) is 0 Å². The number of nitrogens with zero attached hydrogens (tertiary/aromatic N) is 2. The van der Waals surface area contributed by atoms with Crippen molar-refractivity contribution in [3.05, 3.63) is 41.0 Å². The molecule has 2 aromatic heterocycles. The molecule has 1 aliphatic heterocycles. The molecule has 1 aliphatic rings. The second-order valence-electron chi connectivity index (χ2n) is 6.70. The Balaban J connectivity index is 1.47. The topological polar surface area (TPSA) is 112 Å². The molecule has 1 aromatic carbocycles. The molecule has 0 amide bonds. The number of carboxylic acid groups (broad SMARTS) is 1. The normalized spacial score (nSPS) is 12.1. The van der Waals surface area contributed by atoms with Gasteiger partial charge >= 0.3 is 12.6 Å². The minimum absolute atomic E-state index is 0.0164. The number of thiophene rings is 1. The molecular formula is C21H19F2N3O6S. The van der Waals surface area contributed by atoms with Crippen LogP contribution in [-0.2, 0) is 6.42 Å². The maximum atomic E-state index is 12.8. The zero-order valence-electron chi connectivity index (χ0n) is 17.3. The van der Waals surface area contributed by atoms with Gasteiger partial charge in [-0.1, -0.05) is 0 Å². The first kappa shape index (κ1) is 22.5. The molecule has 0 fully saturated rings. The van der Waals surface area contributed by atoms with Crippen LogP contribution in [0.1, 0.15) is 22.2 Å². The van der Waals surface area contributed by atoms with E-state index in [-0.39, 0.29) is 23.2 Å². The summed E-state index contributed by atoms with van der Waals surface area (Å²) in [4.78, 5) is 20.5. The highest BCUT2D eigenvalue weighted by Crippen LogP contribution is 2.39. The lowest BCUT2D eigenvalue weighted by atomic mass is 10.1. The van der Waals surface area contributed by atoms with E-state index in [9.17, 15) is 18.7 Å². The SMILES string of the molecule is CCOc1cc(-c2cc(NCCc3cc4c(cc3OC(F)F)OCO4)ncn2)sc1C(=O)O. The van der Waals surface area contributed by atoms with E-state index in [1.165, 1.54) is 12.4 Å². The molecule has 33 heavy (non-hydrogen) atoms. The van der Waals surface area contributed by atoms with Crippen molar-refractivity contribution in [2.75, 3.05) is 25.3 Å². The van der Waals surface area contributed by atoms with E-state index in [2.05, 4.69) is 20.0 Å². The number of nitrogens with one attached hydrogen (secondary N) is 1. The van der Waals surface area contributed by atoms with Gasteiger partial charge in [0.2, 0.25) is 6.79 Å². The highest BCUT2D eigenvalue weighted by atomic mass is 32.1. The van der Waals surface area contributed by atoms with E-state index in [1.54, 1.807) is 25.1 Å². The van der Waals surface area contributed by atoms with E-state index in [1.807, 2.05) is 0 Å². The van der Waals surface area contributed by atoms with Gasteiger partial charge in [0.1, 0.15) is 23.6 Å². The third kappa shape index (κ3) is 5.22. The molecule has 2 N–H and O–H groups in total. The first-order valence-electron chi connectivity index (χ1n) is 9.88. The standard InChI is InChI=1S/C21H19F2N3O6S/c1-2-29-16-8-17(33-19(16)20(27)28)12-6-18(26-9-25-12)24-4-3-11-5-14-15(31-10-30-14)7-13(11)32-21(22)23/h5-9,21H,2-4,10H2,1H3,(H,27,28)(H,24,25,26). The Bertz CT molecular complexity index is 1160. The van der Waals surface area contributed by atoms with Crippen LogP contribution in [0, 0.1) is 0 Å². The molecule has 0 unspecified atom stereocenters. The van der Waals surface area contributed by atoms with Crippen molar-refractivity contribution >= 4 is 23.1 Å². The Labute approximate surface area is 190 Å². The molecule has 0 saturated heterocycles. The van der Waals surface area contributed by atoms with E-state index < -0.39 is 12.6 Å². The maximum Gasteiger partial charge on any atom is 0.387 e. The number of carbonyl (C=O) groups is 1. The maximum absolute atomic E-state index is 12.8. The van der Waals surface area contributed by atoms with Crippen LogP contribution in [0.15, 0.2) is 30.6 Å². The van der Waals surface area contributed by atoms with Gasteiger partial charge in [-0.15, -0.1) is 11.3 Å². The number of aromatic nitrogens is 2. The summed E-state index contributed by atoms with van der Waals surface area (Å²) >= 11 is 1.05. The van der Waals surface area contributed by atoms with Crippen molar-refractivity contribution in [3.63, 3.8) is 0 Å². The van der Waals surface area contributed by atoms with Gasteiger partial charge < -0.3 is 29.4 Å². The highest BCUT2D eigenvalue weighted by molar-refractivity contribution is 7.17. The van der Waals surface area contributed by atoms with Gasteiger partial charge in [0.15, 0.2) is 16.4 Å². The van der Waals surface area contributed by atoms with Gasteiger partial charge in [-0.05, 0) is 19.4 Å². The summed E-state index contributed by atoms with van der Waals surface area (Å²) in [7, 11) is 0. The van der Waals surface area contributed by atoms with Crippen LogP contribution in [0.5, 0.6) is 23.0 Å². The number of halogens is 2. The molecule has 3 aromatic rings. The molecule has 0 atom stereocenters. The van der Waals surface area contributed by atoms with Crippen LogP contribution in [0.25, 0.3) is 10.6 Å². The van der Waals surface area contributed by atoms with Gasteiger partial charge in [0.05, 0.1) is 17.2 Å². The summed E-state index contributed by atoms with van der Waals surface area (Å²) in [5, 5.41) is 12.5. The smallest absolute Gasteiger partial charge is 0.387 e. The van der Waals surface area contributed by atoms with Crippen molar-refractivity contribution in [1.82, 2.24) is 9.97 Å². The van der Waals surface area contributed by atoms with Crippen LogP contribution in [0.2, 0.25) is 0 Å². The van der Waals surface area contributed by atoms with E-state index in [0.29, 0.717) is 53.0 Å². The van der Waals surface area contributed by atoms with Crippen molar-refractivity contribution in [2.45, 2.75) is 20.0 Å². The summed E-state index contributed by atoms with van der Waals surface area (Å²) in [6, 6.07) is 6.30. The fourth-order valence-corrected chi connectivity index (χ4v) is 4.10. The quantitative estimate of drug-likeness (QED) is 0.440. The zero-order valence-corrected chi connectivity index (χ0v) is 18.2. The summed E-state index contributed by atoms with van der Waals surface area (Å²) < 4.78 is 46.2. The number of fused-ring (bicyclic) bond motifs is 1. The lowest BCUT2D eigenvalue weighted by Crippen LogP contribution is -2.09. The summed E-state index contributed by atoms with van der Waals surface area (Å²) in [5.41, 5.74) is 1.04. The van der Waals surface area contributed by atoms with Crippen LogP contribution in [0.3, 0.4) is 0 Å². The average Bonchev–Trinajstić information content (AvgIpc) is 3.41. The molecular weight excluding hydrogens is 460 g/mol. The highest BCUT2D eigenvalue weighted by Gasteiger charge is 2.21. The molecule has 4 rings (SSSR count). The number of rotatable bonds is 10. The minimum atomic E-state index is -2.97. The number of hydrogen-bond acceptors (Lipinski definition) is 9. The summed E-state index contributed by atoms with van der Waals surface area (Å²) in [6.07, 6.45) is 1.69. The molecule has 0 aliphatic carbocycles. The van der Waals surface area contributed by atoms with Crippen LogP contribution in [0.4, 0.5) is 14.6 Å². The summed E-state index contributed by atoms with van der Waals surface area (Å²) in [6.45, 7) is -0.487. The molecule has 0 radical (unpaired) electrons. The Morgan fingerprint density at radius 2 is 2.00 bits per heavy atom. The molecule has 9 nitrogen and oxygen atoms in total. The first-order valence-corrected chi connectivity index (χ1v) is 10.7. The molecule has 174 valence electrons. The Morgan fingerprint density at radius 3 is 2.73 bits per heavy atom. The second-order valence-corrected chi connectivity index (χ2v) is 7.75. The molecule has 3 heterocycles. The van der Waals surface area contributed by atoms with Crippen LogP contribution >= 0.6 is 11.3 Å². The predicted octanol–water partition coefficient (Wildman–Crippen LogP) is 4.29. The largest absolute Gasteiger partial charge is 0.492 e. The van der Waals surface area contributed by atoms with Gasteiger partial charge in [-0.25, -0.2) is 14.8 Å². The van der Waals surface area contributed by atoms with Gasteiger partial charge in [-0.2, -0.15) is 8.78 Å². The van der Waals surface area contributed by atoms with Crippen molar-refractivity contribution in [1.29, 1.82) is 0 Å². The van der Waals surface area contributed by atoms with Crippen LogP contribution < -0.4 is 24.3 Å². The molecule has 0 bridgehead atoms. The third-order valence-corrected chi connectivity index (χ3v) is 5.71. The van der Waals surface area contributed by atoms with E-state index >= 15 is 0 Å². The summed E-state index contributed by atoms with van der Waals surface area (Å²) in [5.74, 6) is 0.530. The number of alkyl halides is 2. The average molecular weight is 479 g/mol. The number of benzene rings is 1. The molecule has 0 saturated carbocycles. The third-order valence-electron chi connectivity index (χ3n) is 4.58. The fraction of sp³-hybridized carbons (Fsp3) is 0.286. The Kier molecular flexibility index (Phi) is 6.73. The minimum Gasteiger partial charge on any atom is -0.492 e. The number of ether oxygens (including phenoxy) is 4. The lowest BCUT2D eigenvalue weighted by molar-refractivity contribution is -0.0505. The monoisotopic (exact) mass is 479 g/mol. The van der Waals surface area contributed by atoms with Crippen LogP contribution in [-0.4, -0.2) is 47.6 Å². The zero-order chi connectivity index (χ0) is 23.4. The number of aromatic carboxylic acids is 1. The number of anilines is 1. The van der Waals surface area contributed by atoms with Crippen molar-refractivity contribution in [2.24, 2.45) is 0 Å². The van der Waals surface area contributed by atoms with Gasteiger partial charge in [0.25, 0.3) is 0 Å². The molecule has 12 heteroatoms. The Morgan fingerprint density at radius 1 is 1.21 bits per heavy atom. The van der Waals surface area contributed by atoms with Crippen molar-refractivity contribution in [3.8, 4) is 33.6 Å². The first-order chi connectivity index (χ1) is 15.9. The molecule has 0 spiro atoms. The second kappa shape index (κ2) is 9.86. The van der Waals surface area contributed by atoms with E-state index in [4.69, 9.17) is 14.2 Å². The van der Waals surface area contributed by atoms with Crippen molar-refractivity contribution < 1.29 is 37.6 Å². The number of hydrogen-bond donors (Lipinski definition) is 2. The van der Waals surface area contributed by atoms with E-state index in [0.717, 1.165) is 11.3 Å².